The van der Waals surface area contributed by atoms with Crippen molar-refractivity contribution in [2.45, 2.75) is 20.0 Å². The molecule has 2 N–H and O–H groups in total. The summed E-state index contributed by atoms with van der Waals surface area (Å²) in [7, 11) is 0. The van der Waals surface area contributed by atoms with Gasteiger partial charge < -0.3 is 10.6 Å². The van der Waals surface area contributed by atoms with Gasteiger partial charge in [-0.2, -0.15) is 5.10 Å². The zero-order valence-corrected chi connectivity index (χ0v) is 10.9. The van der Waals surface area contributed by atoms with Gasteiger partial charge in [-0.3, -0.25) is 14.5 Å². The molecule has 2 rings (SSSR count). The average Bonchev–Trinajstić information content (AvgIpc) is 2.82. The standard InChI is InChI=1S/C13H17N5O/c1-2-17(9-12-5-3-4-6-15-12)13(19)10-18-8-11(14)7-16-18/h3-8H,2,9-10,14H2,1H3. The molecule has 19 heavy (non-hydrogen) atoms. The molecule has 0 aliphatic carbocycles. The highest BCUT2D eigenvalue weighted by molar-refractivity contribution is 5.75. The Labute approximate surface area is 111 Å². The van der Waals surface area contributed by atoms with Crippen LogP contribution in [0.4, 0.5) is 5.69 Å². The average molecular weight is 259 g/mol. The number of carbonyl (C=O) groups excluding carboxylic acids is 1. The van der Waals surface area contributed by atoms with Crippen LogP contribution in [-0.4, -0.2) is 32.1 Å². The Hall–Kier alpha value is -2.37. The van der Waals surface area contributed by atoms with Crippen molar-refractivity contribution in [3.05, 3.63) is 42.5 Å². The lowest BCUT2D eigenvalue weighted by Gasteiger charge is -2.20. The first-order valence-electron chi connectivity index (χ1n) is 6.14. The van der Waals surface area contributed by atoms with Crippen LogP contribution in [0.15, 0.2) is 36.8 Å². The summed E-state index contributed by atoms with van der Waals surface area (Å²) in [6.45, 7) is 3.27. The summed E-state index contributed by atoms with van der Waals surface area (Å²) in [6, 6.07) is 5.67. The highest BCUT2D eigenvalue weighted by Crippen LogP contribution is 2.04. The van der Waals surface area contributed by atoms with Crippen molar-refractivity contribution in [1.82, 2.24) is 19.7 Å². The quantitative estimate of drug-likeness (QED) is 0.865. The minimum atomic E-state index is -0.00347. The van der Waals surface area contributed by atoms with Crippen molar-refractivity contribution in [3.63, 3.8) is 0 Å². The summed E-state index contributed by atoms with van der Waals surface area (Å²) in [5.74, 6) is -0.00347. The highest BCUT2D eigenvalue weighted by Gasteiger charge is 2.13. The van der Waals surface area contributed by atoms with Crippen LogP contribution in [0.3, 0.4) is 0 Å². The van der Waals surface area contributed by atoms with Crippen molar-refractivity contribution < 1.29 is 4.79 Å². The van der Waals surface area contributed by atoms with E-state index in [1.165, 1.54) is 6.20 Å². The van der Waals surface area contributed by atoms with Gasteiger partial charge in [0.1, 0.15) is 6.54 Å². The van der Waals surface area contributed by atoms with Gasteiger partial charge in [0.05, 0.1) is 24.1 Å². The van der Waals surface area contributed by atoms with Crippen LogP contribution < -0.4 is 5.73 Å². The lowest BCUT2D eigenvalue weighted by molar-refractivity contribution is -0.132. The summed E-state index contributed by atoms with van der Waals surface area (Å²) < 4.78 is 1.54. The first-order valence-corrected chi connectivity index (χ1v) is 6.14. The van der Waals surface area contributed by atoms with E-state index in [2.05, 4.69) is 10.1 Å². The summed E-state index contributed by atoms with van der Waals surface area (Å²) in [5.41, 5.74) is 7.00. The Balaban J connectivity index is 1.99. The fourth-order valence-electron chi connectivity index (χ4n) is 1.77. The van der Waals surface area contributed by atoms with Gasteiger partial charge in [0, 0.05) is 18.9 Å². The lowest BCUT2D eigenvalue weighted by atomic mass is 10.3. The van der Waals surface area contributed by atoms with Gasteiger partial charge in [-0.1, -0.05) is 6.07 Å². The number of hydrogen-bond donors (Lipinski definition) is 1. The molecule has 0 saturated heterocycles. The molecular weight excluding hydrogens is 242 g/mol. The third kappa shape index (κ3) is 3.54. The van der Waals surface area contributed by atoms with Crippen LogP contribution in [0.1, 0.15) is 12.6 Å². The lowest BCUT2D eigenvalue weighted by Crippen LogP contribution is -2.33. The van der Waals surface area contributed by atoms with Gasteiger partial charge in [0.15, 0.2) is 0 Å². The number of likely N-dealkylation sites (N-methyl/N-ethyl adjacent to an activating group) is 1. The molecule has 1 amide bonds. The Morgan fingerprint density at radius 1 is 1.47 bits per heavy atom. The molecule has 0 bridgehead atoms. The van der Waals surface area contributed by atoms with Gasteiger partial charge in [-0.25, -0.2) is 0 Å². The van der Waals surface area contributed by atoms with Crippen molar-refractivity contribution >= 4 is 11.6 Å². The first kappa shape index (κ1) is 13.1. The number of amides is 1. The summed E-state index contributed by atoms with van der Waals surface area (Å²) in [5, 5.41) is 4.01. The fourth-order valence-corrected chi connectivity index (χ4v) is 1.77. The van der Waals surface area contributed by atoms with E-state index >= 15 is 0 Å². The highest BCUT2D eigenvalue weighted by atomic mass is 16.2. The van der Waals surface area contributed by atoms with Crippen LogP contribution >= 0.6 is 0 Å². The second-order valence-corrected chi connectivity index (χ2v) is 4.20. The van der Waals surface area contributed by atoms with E-state index in [9.17, 15) is 4.79 Å². The normalized spacial score (nSPS) is 10.4. The predicted octanol–water partition coefficient (Wildman–Crippen LogP) is 0.909. The van der Waals surface area contributed by atoms with Gasteiger partial charge in [0.25, 0.3) is 0 Å². The summed E-state index contributed by atoms with van der Waals surface area (Å²) >= 11 is 0. The Bertz CT molecular complexity index is 537. The van der Waals surface area contributed by atoms with Crippen LogP contribution in [0.25, 0.3) is 0 Å². The van der Waals surface area contributed by atoms with Gasteiger partial charge in [0.2, 0.25) is 5.91 Å². The van der Waals surface area contributed by atoms with Crippen molar-refractivity contribution in [2.24, 2.45) is 0 Å². The molecule has 2 heterocycles. The van der Waals surface area contributed by atoms with E-state index in [0.29, 0.717) is 18.8 Å². The topological polar surface area (TPSA) is 77.0 Å². The molecule has 0 saturated carbocycles. The maximum atomic E-state index is 12.2. The molecule has 6 heteroatoms. The number of nitrogens with two attached hydrogens (primary N) is 1. The van der Waals surface area contributed by atoms with Gasteiger partial charge in [-0.15, -0.1) is 0 Å². The molecular formula is C13H17N5O. The molecule has 0 aliphatic heterocycles. The number of hydrogen-bond acceptors (Lipinski definition) is 4. The van der Waals surface area contributed by atoms with E-state index in [4.69, 9.17) is 5.73 Å². The molecule has 0 aromatic carbocycles. The van der Waals surface area contributed by atoms with Crippen LogP contribution in [-0.2, 0) is 17.9 Å². The van der Waals surface area contributed by atoms with E-state index in [1.807, 2.05) is 25.1 Å². The maximum Gasteiger partial charge on any atom is 0.244 e. The van der Waals surface area contributed by atoms with E-state index < -0.39 is 0 Å². The summed E-state index contributed by atoms with van der Waals surface area (Å²) in [6.07, 6.45) is 4.90. The van der Waals surface area contributed by atoms with E-state index in [-0.39, 0.29) is 12.5 Å². The molecule has 2 aromatic heterocycles. The molecule has 2 aromatic rings. The Morgan fingerprint density at radius 2 is 2.32 bits per heavy atom. The molecule has 0 unspecified atom stereocenters. The number of nitrogens with zero attached hydrogens (tertiary/aromatic N) is 4. The van der Waals surface area contributed by atoms with Crippen LogP contribution in [0.5, 0.6) is 0 Å². The van der Waals surface area contributed by atoms with Gasteiger partial charge >= 0.3 is 0 Å². The Morgan fingerprint density at radius 3 is 2.89 bits per heavy atom. The number of rotatable bonds is 5. The molecule has 0 spiro atoms. The molecule has 0 atom stereocenters. The number of carbonyl (C=O) groups is 1. The molecule has 0 fully saturated rings. The minimum absolute atomic E-state index is 0.00347. The predicted molar refractivity (Wildman–Crippen MR) is 72.0 cm³/mol. The number of nitrogen functional groups attached to an aromatic ring is 1. The number of aromatic nitrogens is 3. The van der Waals surface area contributed by atoms with E-state index in [1.54, 1.807) is 22.0 Å². The van der Waals surface area contributed by atoms with Crippen LogP contribution in [0.2, 0.25) is 0 Å². The molecule has 6 nitrogen and oxygen atoms in total. The Kier molecular flexibility index (Phi) is 4.12. The second kappa shape index (κ2) is 5.99. The molecule has 100 valence electrons. The number of anilines is 1. The fraction of sp³-hybridized carbons (Fsp3) is 0.308. The third-order valence-corrected chi connectivity index (χ3v) is 2.76. The first-order chi connectivity index (χ1) is 9.19. The smallest absolute Gasteiger partial charge is 0.244 e. The zero-order valence-electron chi connectivity index (χ0n) is 10.9. The third-order valence-electron chi connectivity index (χ3n) is 2.76. The number of pyridine rings is 1. The zero-order chi connectivity index (χ0) is 13.7. The molecule has 0 radical (unpaired) electrons. The SMILES string of the molecule is CCN(Cc1ccccn1)C(=O)Cn1cc(N)cn1. The largest absolute Gasteiger partial charge is 0.396 e. The maximum absolute atomic E-state index is 12.2. The van der Waals surface area contributed by atoms with Crippen LogP contribution in [0, 0.1) is 0 Å². The van der Waals surface area contributed by atoms with Gasteiger partial charge in [-0.05, 0) is 19.1 Å². The van der Waals surface area contributed by atoms with Crippen molar-refractivity contribution in [1.29, 1.82) is 0 Å². The monoisotopic (exact) mass is 259 g/mol. The van der Waals surface area contributed by atoms with E-state index in [0.717, 1.165) is 5.69 Å². The van der Waals surface area contributed by atoms with Crippen molar-refractivity contribution in [2.75, 3.05) is 12.3 Å². The summed E-state index contributed by atoms with van der Waals surface area (Å²) in [4.78, 5) is 18.1. The molecule has 0 aliphatic rings. The second-order valence-electron chi connectivity index (χ2n) is 4.20. The van der Waals surface area contributed by atoms with Crippen molar-refractivity contribution in [3.8, 4) is 0 Å². The minimum Gasteiger partial charge on any atom is -0.396 e.